The van der Waals surface area contributed by atoms with Crippen LogP contribution in [0.25, 0.3) is 21.3 Å². The van der Waals surface area contributed by atoms with Gasteiger partial charge in [0.1, 0.15) is 5.75 Å². The molecule has 3 amide bonds. The standard InChI is InChI=1S/C23H27N5O4S/c1-31-14-17-4-3-9-28(17)21(29)7-8-25-22(30)27-23-26-19-6-5-15(11-20(19)33-23)16-10-18(32-2)13-24-12-16/h5-6,10-13,17H,3-4,7-9,14H2,1-2H3,(H2,25,26,27,30)/t17-/m1/s1. The third kappa shape index (κ3) is 5.58. The number of urea groups is 1. The fraction of sp³-hybridized carbons (Fsp3) is 0.391. The Bertz CT molecular complexity index is 1130. The van der Waals surface area contributed by atoms with E-state index in [1.807, 2.05) is 29.2 Å². The largest absolute Gasteiger partial charge is 0.495 e. The van der Waals surface area contributed by atoms with Gasteiger partial charge in [-0.2, -0.15) is 0 Å². The molecule has 0 bridgehead atoms. The van der Waals surface area contributed by atoms with Crippen molar-refractivity contribution in [3.8, 4) is 16.9 Å². The Labute approximate surface area is 196 Å². The van der Waals surface area contributed by atoms with E-state index >= 15 is 0 Å². The number of anilines is 1. The zero-order chi connectivity index (χ0) is 23.2. The minimum absolute atomic E-state index is 0.0365. The highest BCUT2D eigenvalue weighted by Gasteiger charge is 2.28. The van der Waals surface area contributed by atoms with Crippen molar-refractivity contribution in [3.05, 3.63) is 36.7 Å². The number of ether oxygens (including phenoxy) is 2. The van der Waals surface area contributed by atoms with Crippen LogP contribution in [0.1, 0.15) is 19.3 Å². The van der Waals surface area contributed by atoms with Gasteiger partial charge in [-0.1, -0.05) is 17.4 Å². The predicted octanol–water partition coefficient (Wildman–Crippen LogP) is 3.52. The van der Waals surface area contributed by atoms with Gasteiger partial charge in [-0.3, -0.25) is 15.1 Å². The SMILES string of the molecule is COC[C@H]1CCCN1C(=O)CCNC(=O)Nc1nc2ccc(-c3cncc(OC)c3)cc2s1. The first-order chi connectivity index (χ1) is 16.1. The van der Waals surface area contributed by atoms with Crippen molar-refractivity contribution in [2.75, 3.05) is 39.2 Å². The molecule has 2 aromatic heterocycles. The van der Waals surface area contributed by atoms with Crippen LogP contribution >= 0.6 is 11.3 Å². The smallest absolute Gasteiger partial charge is 0.321 e. The van der Waals surface area contributed by atoms with Crippen molar-refractivity contribution in [2.24, 2.45) is 0 Å². The van der Waals surface area contributed by atoms with Crippen LogP contribution in [-0.4, -0.2) is 66.8 Å². The molecule has 2 N–H and O–H groups in total. The van der Waals surface area contributed by atoms with E-state index in [2.05, 4.69) is 20.6 Å². The Kier molecular flexibility index (Phi) is 7.36. The van der Waals surface area contributed by atoms with Crippen LogP contribution in [0.2, 0.25) is 0 Å². The molecule has 1 saturated heterocycles. The molecule has 4 rings (SSSR count). The monoisotopic (exact) mass is 469 g/mol. The minimum Gasteiger partial charge on any atom is -0.495 e. The fourth-order valence-electron chi connectivity index (χ4n) is 3.94. The van der Waals surface area contributed by atoms with Crippen molar-refractivity contribution in [3.63, 3.8) is 0 Å². The summed E-state index contributed by atoms with van der Waals surface area (Å²) in [6.07, 6.45) is 5.64. The molecule has 1 aliphatic rings. The quantitative estimate of drug-likeness (QED) is 0.523. The number of pyridine rings is 1. The Balaban J connectivity index is 1.32. The molecule has 0 unspecified atom stereocenters. The highest BCUT2D eigenvalue weighted by atomic mass is 32.1. The first-order valence-electron chi connectivity index (χ1n) is 10.8. The number of fused-ring (bicyclic) bond motifs is 1. The summed E-state index contributed by atoms with van der Waals surface area (Å²) >= 11 is 1.39. The van der Waals surface area contributed by atoms with Gasteiger partial charge in [0, 0.05) is 38.4 Å². The molecule has 10 heteroatoms. The number of rotatable bonds is 8. The second kappa shape index (κ2) is 10.6. The average Bonchev–Trinajstić information content (AvgIpc) is 3.45. The maximum Gasteiger partial charge on any atom is 0.321 e. The maximum atomic E-state index is 12.5. The van der Waals surface area contributed by atoms with E-state index < -0.39 is 0 Å². The molecular weight excluding hydrogens is 442 g/mol. The second-order valence-electron chi connectivity index (χ2n) is 7.78. The number of aromatic nitrogens is 2. The summed E-state index contributed by atoms with van der Waals surface area (Å²) < 4.78 is 11.4. The minimum atomic E-state index is -0.381. The number of amides is 3. The number of nitrogens with one attached hydrogen (secondary N) is 2. The number of benzene rings is 1. The molecule has 1 atom stereocenters. The Morgan fingerprint density at radius 1 is 1.21 bits per heavy atom. The number of nitrogens with zero attached hydrogens (tertiary/aromatic N) is 3. The van der Waals surface area contributed by atoms with Crippen molar-refractivity contribution in [1.82, 2.24) is 20.2 Å². The van der Waals surface area contributed by atoms with Crippen molar-refractivity contribution in [1.29, 1.82) is 0 Å². The van der Waals surface area contributed by atoms with E-state index in [0.717, 1.165) is 40.7 Å². The molecule has 0 radical (unpaired) electrons. The summed E-state index contributed by atoms with van der Waals surface area (Å²) in [5, 5.41) is 6.00. The highest BCUT2D eigenvalue weighted by molar-refractivity contribution is 7.22. The van der Waals surface area contributed by atoms with Gasteiger partial charge >= 0.3 is 6.03 Å². The molecule has 1 aliphatic heterocycles. The van der Waals surface area contributed by atoms with Crippen LogP contribution in [0.3, 0.4) is 0 Å². The lowest BCUT2D eigenvalue weighted by Gasteiger charge is -2.24. The van der Waals surface area contributed by atoms with Crippen molar-refractivity contribution >= 4 is 38.6 Å². The van der Waals surface area contributed by atoms with Gasteiger partial charge in [0.15, 0.2) is 5.13 Å². The maximum absolute atomic E-state index is 12.5. The lowest BCUT2D eigenvalue weighted by atomic mass is 10.1. The van der Waals surface area contributed by atoms with E-state index in [1.165, 1.54) is 11.3 Å². The molecule has 174 valence electrons. The molecule has 0 aliphatic carbocycles. The van der Waals surface area contributed by atoms with Crippen LogP contribution < -0.4 is 15.4 Å². The van der Waals surface area contributed by atoms with Crippen LogP contribution in [0.5, 0.6) is 5.75 Å². The predicted molar refractivity (Wildman–Crippen MR) is 128 cm³/mol. The molecular formula is C23H27N5O4S. The zero-order valence-electron chi connectivity index (χ0n) is 18.7. The summed E-state index contributed by atoms with van der Waals surface area (Å²) in [4.78, 5) is 35.3. The van der Waals surface area contributed by atoms with Crippen LogP contribution in [-0.2, 0) is 9.53 Å². The molecule has 0 spiro atoms. The molecule has 1 aromatic carbocycles. The van der Waals surface area contributed by atoms with Gasteiger partial charge in [-0.05, 0) is 36.6 Å². The van der Waals surface area contributed by atoms with Crippen molar-refractivity contribution < 1.29 is 19.1 Å². The Hall–Kier alpha value is -3.24. The number of hydrogen-bond donors (Lipinski definition) is 2. The summed E-state index contributed by atoms with van der Waals surface area (Å²) in [6, 6.07) is 7.56. The number of carbonyl (C=O) groups excluding carboxylic acids is 2. The van der Waals surface area contributed by atoms with E-state index in [-0.39, 0.29) is 30.9 Å². The third-order valence-corrected chi connectivity index (χ3v) is 6.51. The first-order valence-corrected chi connectivity index (χ1v) is 11.6. The van der Waals surface area contributed by atoms with Gasteiger partial charge < -0.3 is 19.7 Å². The summed E-state index contributed by atoms with van der Waals surface area (Å²) in [6.45, 7) is 1.56. The number of thiazole rings is 1. The zero-order valence-corrected chi connectivity index (χ0v) is 19.5. The van der Waals surface area contributed by atoms with Gasteiger partial charge in [-0.15, -0.1) is 0 Å². The molecule has 9 nitrogen and oxygen atoms in total. The molecule has 33 heavy (non-hydrogen) atoms. The normalized spacial score (nSPS) is 15.6. The number of carbonyl (C=O) groups is 2. The number of likely N-dealkylation sites (tertiary alicyclic amines) is 1. The molecule has 0 saturated carbocycles. The third-order valence-electron chi connectivity index (χ3n) is 5.57. The number of hydrogen-bond acceptors (Lipinski definition) is 7. The van der Waals surface area contributed by atoms with Gasteiger partial charge in [-0.25, -0.2) is 9.78 Å². The summed E-state index contributed by atoms with van der Waals surface area (Å²) in [5.41, 5.74) is 2.72. The Morgan fingerprint density at radius 3 is 2.91 bits per heavy atom. The van der Waals surface area contributed by atoms with Gasteiger partial charge in [0.2, 0.25) is 5.91 Å². The van der Waals surface area contributed by atoms with E-state index in [9.17, 15) is 9.59 Å². The summed E-state index contributed by atoms with van der Waals surface area (Å²) in [5.74, 6) is 0.725. The fourth-order valence-corrected chi connectivity index (χ4v) is 4.84. The highest BCUT2D eigenvalue weighted by Crippen LogP contribution is 2.31. The average molecular weight is 470 g/mol. The topological polar surface area (TPSA) is 106 Å². The van der Waals surface area contributed by atoms with Gasteiger partial charge in [0.05, 0.1) is 36.2 Å². The molecule has 3 aromatic rings. The summed E-state index contributed by atoms with van der Waals surface area (Å²) in [7, 11) is 3.25. The first kappa shape index (κ1) is 22.9. The van der Waals surface area contributed by atoms with E-state index in [4.69, 9.17) is 9.47 Å². The lowest BCUT2D eigenvalue weighted by molar-refractivity contribution is -0.132. The lowest BCUT2D eigenvalue weighted by Crippen LogP contribution is -2.40. The van der Waals surface area contributed by atoms with Crippen LogP contribution in [0.4, 0.5) is 9.93 Å². The van der Waals surface area contributed by atoms with Crippen molar-refractivity contribution in [2.45, 2.75) is 25.3 Å². The van der Waals surface area contributed by atoms with Crippen LogP contribution in [0, 0.1) is 0 Å². The molecule has 1 fully saturated rings. The van der Waals surface area contributed by atoms with Crippen LogP contribution in [0.15, 0.2) is 36.7 Å². The second-order valence-corrected chi connectivity index (χ2v) is 8.82. The van der Waals surface area contributed by atoms with Gasteiger partial charge in [0.25, 0.3) is 0 Å². The number of methoxy groups -OCH3 is 2. The Morgan fingerprint density at radius 2 is 2.09 bits per heavy atom. The van der Waals surface area contributed by atoms with E-state index in [0.29, 0.717) is 17.5 Å². The molecule has 3 heterocycles. The van der Waals surface area contributed by atoms with E-state index in [1.54, 1.807) is 26.6 Å².